The summed E-state index contributed by atoms with van der Waals surface area (Å²) in [6, 6.07) is 5.76. The predicted molar refractivity (Wildman–Crippen MR) is 89.8 cm³/mol. The highest BCUT2D eigenvalue weighted by Crippen LogP contribution is 2.22. The van der Waals surface area contributed by atoms with Gasteiger partial charge in [0.25, 0.3) is 0 Å². The molecule has 0 aliphatic heterocycles. The van der Waals surface area contributed by atoms with Crippen molar-refractivity contribution in [3.05, 3.63) is 28.5 Å². The molecule has 0 saturated heterocycles. The van der Waals surface area contributed by atoms with Crippen LogP contribution in [0.15, 0.2) is 22.7 Å². The van der Waals surface area contributed by atoms with Crippen LogP contribution in [0.25, 0.3) is 0 Å². The SMILES string of the molecule is CCCCCC(CCCCC)Nc1ccc(Br)c(F)c1. The minimum Gasteiger partial charge on any atom is -0.382 e. The van der Waals surface area contributed by atoms with E-state index in [1.54, 1.807) is 12.1 Å². The van der Waals surface area contributed by atoms with Gasteiger partial charge in [-0.1, -0.05) is 52.4 Å². The average Bonchev–Trinajstić information content (AvgIpc) is 2.43. The molecular formula is C17H27BrFN. The Morgan fingerprint density at radius 3 is 2.15 bits per heavy atom. The zero-order valence-corrected chi connectivity index (χ0v) is 14.3. The average molecular weight is 344 g/mol. The fourth-order valence-corrected chi connectivity index (χ4v) is 2.64. The topological polar surface area (TPSA) is 12.0 Å². The van der Waals surface area contributed by atoms with Crippen LogP contribution in [-0.2, 0) is 0 Å². The zero-order valence-electron chi connectivity index (χ0n) is 12.7. The van der Waals surface area contributed by atoms with Crippen LogP contribution in [0.3, 0.4) is 0 Å². The van der Waals surface area contributed by atoms with Crippen LogP contribution in [0.5, 0.6) is 0 Å². The first-order valence-corrected chi connectivity index (χ1v) is 8.68. The molecule has 1 aromatic rings. The normalized spacial score (nSPS) is 11.1. The number of hydrogen-bond donors (Lipinski definition) is 1. The molecule has 0 heterocycles. The standard InChI is InChI=1S/C17H27BrFN/c1-3-5-7-9-14(10-8-6-4-2)20-15-11-12-16(18)17(19)13-15/h11-14,20H,3-10H2,1-2H3. The molecule has 0 atom stereocenters. The fourth-order valence-electron chi connectivity index (χ4n) is 2.39. The molecule has 0 aromatic heterocycles. The molecule has 1 nitrogen and oxygen atoms in total. The Labute approximate surface area is 131 Å². The third kappa shape index (κ3) is 6.74. The first kappa shape index (κ1) is 17.5. The van der Waals surface area contributed by atoms with Crippen molar-refractivity contribution in [2.75, 3.05) is 5.32 Å². The van der Waals surface area contributed by atoms with E-state index in [4.69, 9.17) is 0 Å². The summed E-state index contributed by atoms with van der Waals surface area (Å²) in [5.41, 5.74) is 0.892. The molecule has 0 radical (unpaired) electrons. The van der Waals surface area contributed by atoms with Crippen LogP contribution < -0.4 is 5.32 Å². The minimum atomic E-state index is -0.198. The van der Waals surface area contributed by atoms with Gasteiger partial charge < -0.3 is 5.32 Å². The highest BCUT2D eigenvalue weighted by atomic mass is 79.9. The number of benzene rings is 1. The lowest BCUT2D eigenvalue weighted by molar-refractivity contribution is 0.526. The van der Waals surface area contributed by atoms with Gasteiger partial charge in [-0.25, -0.2) is 4.39 Å². The van der Waals surface area contributed by atoms with E-state index in [-0.39, 0.29) is 5.82 Å². The molecule has 0 amide bonds. The Morgan fingerprint density at radius 2 is 1.65 bits per heavy atom. The van der Waals surface area contributed by atoms with E-state index >= 15 is 0 Å². The fraction of sp³-hybridized carbons (Fsp3) is 0.647. The van der Waals surface area contributed by atoms with Crippen molar-refractivity contribution in [2.45, 2.75) is 71.3 Å². The number of unbranched alkanes of at least 4 members (excludes halogenated alkanes) is 4. The summed E-state index contributed by atoms with van der Waals surface area (Å²) >= 11 is 3.20. The van der Waals surface area contributed by atoms with Crippen LogP contribution in [0.2, 0.25) is 0 Å². The van der Waals surface area contributed by atoms with Crippen LogP contribution >= 0.6 is 15.9 Å². The summed E-state index contributed by atoms with van der Waals surface area (Å²) in [7, 11) is 0. The van der Waals surface area contributed by atoms with E-state index < -0.39 is 0 Å². The van der Waals surface area contributed by atoms with Crippen molar-refractivity contribution in [3.63, 3.8) is 0 Å². The lowest BCUT2D eigenvalue weighted by Gasteiger charge is -2.20. The largest absolute Gasteiger partial charge is 0.382 e. The summed E-state index contributed by atoms with van der Waals surface area (Å²) in [5, 5.41) is 3.50. The summed E-state index contributed by atoms with van der Waals surface area (Å²) in [6.07, 6.45) is 9.90. The van der Waals surface area contributed by atoms with E-state index in [1.807, 2.05) is 6.07 Å². The maximum Gasteiger partial charge on any atom is 0.139 e. The minimum absolute atomic E-state index is 0.198. The van der Waals surface area contributed by atoms with Gasteiger partial charge in [-0.05, 0) is 47.0 Å². The summed E-state index contributed by atoms with van der Waals surface area (Å²) < 4.78 is 14.1. The predicted octanol–water partition coefficient (Wildman–Crippen LogP) is 6.53. The maximum absolute atomic E-state index is 13.6. The van der Waals surface area contributed by atoms with Crippen molar-refractivity contribution >= 4 is 21.6 Å². The molecule has 0 unspecified atom stereocenters. The Hall–Kier alpha value is -0.570. The molecule has 114 valence electrons. The molecule has 20 heavy (non-hydrogen) atoms. The summed E-state index contributed by atoms with van der Waals surface area (Å²) in [5.74, 6) is -0.198. The lowest BCUT2D eigenvalue weighted by atomic mass is 10.0. The molecule has 0 fully saturated rings. The molecule has 0 bridgehead atoms. The molecule has 0 aliphatic rings. The highest BCUT2D eigenvalue weighted by Gasteiger charge is 2.09. The maximum atomic E-state index is 13.6. The van der Waals surface area contributed by atoms with Crippen LogP contribution in [-0.4, -0.2) is 6.04 Å². The Morgan fingerprint density at radius 1 is 1.05 bits per heavy atom. The van der Waals surface area contributed by atoms with Crippen molar-refractivity contribution in [3.8, 4) is 0 Å². The second-order valence-corrected chi connectivity index (χ2v) is 6.32. The van der Waals surface area contributed by atoms with Crippen LogP contribution in [0.4, 0.5) is 10.1 Å². The molecule has 1 aromatic carbocycles. The second kappa shape index (κ2) is 10.2. The van der Waals surface area contributed by atoms with Gasteiger partial charge in [0.15, 0.2) is 0 Å². The Balaban J connectivity index is 2.54. The van der Waals surface area contributed by atoms with Crippen molar-refractivity contribution < 1.29 is 4.39 Å². The first-order valence-electron chi connectivity index (χ1n) is 7.89. The van der Waals surface area contributed by atoms with Gasteiger partial charge in [0.1, 0.15) is 5.82 Å². The second-order valence-electron chi connectivity index (χ2n) is 5.46. The first-order chi connectivity index (χ1) is 9.67. The molecular weight excluding hydrogens is 317 g/mol. The zero-order chi connectivity index (χ0) is 14.8. The molecule has 0 aliphatic carbocycles. The van der Waals surface area contributed by atoms with Gasteiger partial charge in [0.2, 0.25) is 0 Å². The van der Waals surface area contributed by atoms with E-state index in [0.717, 1.165) is 5.69 Å². The molecule has 0 spiro atoms. The number of rotatable bonds is 10. The monoisotopic (exact) mass is 343 g/mol. The number of nitrogens with one attached hydrogen (secondary N) is 1. The summed E-state index contributed by atoms with van der Waals surface area (Å²) in [6.45, 7) is 4.45. The number of anilines is 1. The van der Waals surface area contributed by atoms with E-state index in [0.29, 0.717) is 10.5 Å². The third-order valence-corrected chi connectivity index (χ3v) is 4.25. The van der Waals surface area contributed by atoms with Crippen molar-refractivity contribution in [2.24, 2.45) is 0 Å². The van der Waals surface area contributed by atoms with Gasteiger partial charge in [0.05, 0.1) is 4.47 Å². The number of halogens is 2. The smallest absolute Gasteiger partial charge is 0.139 e. The van der Waals surface area contributed by atoms with Crippen molar-refractivity contribution in [1.29, 1.82) is 0 Å². The van der Waals surface area contributed by atoms with Crippen LogP contribution in [0.1, 0.15) is 65.2 Å². The van der Waals surface area contributed by atoms with Gasteiger partial charge >= 0.3 is 0 Å². The van der Waals surface area contributed by atoms with Gasteiger partial charge in [0, 0.05) is 11.7 Å². The summed E-state index contributed by atoms with van der Waals surface area (Å²) in [4.78, 5) is 0. The molecule has 0 saturated carbocycles. The van der Waals surface area contributed by atoms with Gasteiger partial charge in [-0.15, -0.1) is 0 Å². The van der Waals surface area contributed by atoms with Crippen LogP contribution in [0, 0.1) is 5.82 Å². The van der Waals surface area contributed by atoms with E-state index in [1.165, 1.54) is 51.4 Å². The van der Waals surface area contributed by atoms with Gasteiger partial charge in [-0.2, -0.15) is 0 Å². The Kier molecular flexibility index (Phi) is 8.92. The van der Waals surface area contributed by atoms with Crippen molar-refractivity contribution in [1.82, 2.24) is 0 Å². The highest BCUT2D eigenvalue weighted by molar-refractivity contribution is 9.10. The third-order valence-electron chi connectivity index (χ3n) is 3.60. The molecule has 1 rings (SSSR count). The van der Waals surface area contributed by atoms with E-state index in [2.05, 4.69) is 35.1 Å². The molecule has 1 N–H and O–H groups in total. The Bertz CT molecular complexity index is 371. The molecule has 3 heteroatoms. The van der Waals surface area contributed by atoms with Gasteiger partial charge in [-0.3, -0.25) is 0 Å². The number of hydrogen-bond acceptors (Lipinski definition) is 1. The lowest BCUT2D eigenvalue weighted by Crippen LogP contribution is -2.19. The van der Waals surface area contributed by atoms with E-state index in [9.17, 15) is 4.39 Å². The quantitative estimate of drug-likeness (QED) is 0.476.